The molecule has 1 aromatic carbocycles. The maximum Gasteiger partial charge on any atom is 0.0513 e. The standard InChI is InChI=1S/C14H19BrClN/c1-10-5-6-17(11(2)7-10)14-4-3-12(9-16)8-13(14)15/h3-4,8,10-11H,5-7,9H2,1-2H3. The van der Waals surface area contributed by atoms with Crippen LogP contribution in [0, 0.1) is 5.92 Å². The summed E-state index contributed by atoms with van der Waals surface area (Å²) < 4.78 is 1.16. The number of hydrogen-bond donors (Lipinski definition) is 0. The van der Waals surface area contributed by atoms with Gasteiger partial charge in [0.05, 0.1) is 5.69 Å². The summed E-state index contributed by atoms with van der Waals surface area (Å²) in [6.45, 7) is 5.82. The highest BCUT2D eigenvalue weighted by molar-refractivity contribution is 9.10. The Labute approximate surface area is 117 Å². The minimum Gasteiger partial charge on any atom is -0.368 e. The third kappa shape index (κ3) is 2.97. The zero-order valence-electron chi connectivity index (χ0n) is 10.4. The molecule has 0 spiro atoms. The molecule has 1 aliphatic rings. The predicted octanol–water partition coefficient (Wildman–Crippen LogP) is 4.81. The van der Waals surface area contributed by atoms with Crippen LogP contribution in [0.5, 0.6) is 0 Å². The van der Waals surface area contributed by atoms with Crippen LogP contribution >= 0.6 is 27.5 Å². The topological polar surface area (TPSA) is 3.24 Å². The summed E-state index contributed by atoms with van der Waals surface area (Å²) in [4.78, 5) is 2.50. The van der Waals surface area contributed by atoms with Crippen LogP contribution in [0.1, 0.15) is 32.3 Å². The fraction of sp³-hybridized carbons (Fsp3) is 0.571. The maximum atomic E-state index is 5.85. The van der Waals surface area contributed by atoms with Gasteiger partial charge in [-0.2, -0.15) is 0 Å². The van der Waals surface area contributed by atoms with Gasteiger partial charge in [0.25, 0.3) is 0 Å². The lowest BCUT2D eigenvalue weighted by molar-refractivity contribution is 0.377. The van der Waals surface area contributed by atoms with Crippen LogP contribution in [0.15, 0.2) is 22.7 Å². The lowest BCUT2D eigenvalue weighted by atomic mass is 9.93. The molecule has 1 saturated heterocycles. The first-order valence-electron chi connectivity index (χ1n) is 6.23. The van der Waals surface area contributed by atoms with Crippen molar-refractivity contribution in [2.24, 2.45) is 5.92 Å². The average molecular weight is 317 g/mol. The van der Waals surface area contributed by atoms with E-state index in [0.717, 1.165) is 16.9 Å². The van der Waals surface area contributed by atoms with Gasteiger partial charge in [0.2, 0.25) is 0 Å². The van der Waals surface area contributed by atoms with Crippen LogP contribution in [0.2, 0.25) is 0 Å². The van der Waals surface area contributed by atoms with Gasteiger partial charge in [-0.15, -0.1) is 11.6 Å². The van der Waals surface area contributed by atoms with Crippen LogP contribution in [0.25, 0.3) is 0 Å². The summed E-state index contributed by atoms with van der Waals surface area (Å²) in [6, 6.07) is 7.07. The van der Waals surface area contributed by atoms with Gasteiger partial charge in [0.15, 0.2) is 0 Å². The number of nitrogens with zero attached hydrogens (tertiary/aromatic N) is 1. The highest BCUT2D eigenvalue weighted by atomic mass is 79.9. The van der Waals surface area contributed by atoms with Gasteiger partial charge in [0.1, 0.15) is 0 Å². The molecule has 0 saturated carbocycles. The lowest BCUT2D eigenvalue weighted by Crippen LogP contribution is -2.40. The minimum absolute atomic E-state index is 0.575. The highest BCUT2D eigenvalue weighted by Crippen LogP contribution is 2.33. The third-order valence-corrected chi connectivity index (χ3v) is 4.56. The van der Waals surface area contributed by atoms with E-state index in [9.17, 15) is 0 Å². The molecule has 1 nitrogen and oxygen atoms in total. The summed E-state index contributed by atoms with van der Waals surface area (Å²) in [7, 11) is 0. The van der Waals surface area contributed by atoms with Crippen molar-refractivity contribution in [2.45, 2.75) is 38.6 Å². The Morgan fingerprint density at radius 1 is 1.41 bits per heavy atom. The van der Waals surface area contributed by atoms with Crippen molar-refractivity contribution in [2.75, 3.05) is 11.4 Å². The zero-order valence-corrected chi connectivity index (χ0v) is 12.8. The highest BCUT2D eigenvalue weighted by Gasteiger charge is 2.24. The Morgan fingerprint density at radius 2 is 2.18 bits per heavy atom. The molecule has 0 radical (unpaired) electrons. The molecule has 1 heterocycles. The first-order valence-corrected chi connectivity index (χ1v) is 7.55. The van der Waals surface area contributed by atoms with E-state index in [1.54, 1.807) is 0 Å². The molecule has 0 amide bonds. The van der Waals surface area contributed by atoms with Crippen LogP contribution in [0.4, 0.5) is 5.69 Å². The molecule has 0 bridgehead atoms. The van der Waals surface area contributed by atoms with E-state index in [4.69, 9.17) is 11.6 Å². The Kier molecular flexibility index (Phi) is 4.37. The van der Waals surface area contributed by atoms with Crippen LogP contribution < -0.4 is 4.90 Å². The third-order valence-electron chi connectivity index (χ3n) is 3.61. The second kappa shape index (κ2) is 5.62. The van der Waals surface area contributed by atoms with Crippen LogP contribution in [0.3, 0.4) is 0 Å². The lowest BCUT2D eigenvalue weighted by Gasteiger charge is -2.38. The van der Waals surface area contributed by atoms with Gasteiger partial charge >= 0.3 is 0 Å². The maximum absolute atomic E-state index is 5.85. The summed E-state index contributed by atoms with van der Waals surface area (Å²) in [5, 5.41) is 0. The largest absolute Gasteiger partial charge is 0.368 e. The molecule has 17 heavy (non-hydrogen) atoms. The molecule has 0 aliphatic carbocycles. The van der Waals surface area contributed by atoms with Gasteiger partial charge in [-0.3, -0.25) is 0 Å². The Hall–Kier alpha value is -0.210. The normalized spacial score (nSPS) is 25.1. The molecule has 1 aromatic rings. The van der Waals surface area contributed by atoms with E-state index in [1.807, 2.05) is 0 Å². The fourth-order valence-corrected chi connectivity index (χ4v) is 3.45. The number of benzene rings is 1. The van der Waals surface area contributed by atoms with E-state index in [-0.39, 0.29) is 0 Å². The summed E-state index contributed by atoms with van der Waals surface area (Å²) in [5.41, 5.74) is 2.47. The molecule has 2 unspecified atom stereocenters. The molecule has 1 aliphatic heterocycles. The number of anilines is 1. The SMILES string of the molecule is CC1CCN(c2ccc(CCl)cc2Br)C(C)C1. The minimum atomic E-state index is 0.575. The van der Waals surface area contributed by atoms with Crippen molar-refractivity contribution < 1.29 is 0 Å². The Morgan fingerprint density at radius 3 is 2.76 bits per heavy atom. The molecule has 0 aromatic heterocycles. The summed E-state index contributed by atoms with van der Waals surface area (Å²) >= 11 is 9.52. The summed E-state index contributed by atoms with van der Waals surface area (Å²) in [6.07, 6.45) is 2.57. The molecule has 0 N–H and O–H groups in total. The van der Waals surface area contributed by atoms with E-state index in [2.05, 4.69) is 52.9 Å². The summed E-state index contributed by atoms with van der Waals surface area (Å²) in [5.74, 6) is 1.42. The molecule has 3 heteroatoms. The molecule has 1 fully saturated rings. The molecule has 2 atom stereocenters. The average Bonchev–Trinajstić information content (AvgIpc) is 2.30. The van der Waals surface area contributed by atoms with Gasteiger partial charge in [-0.1, -0.05) is 13.0 Å². The van der Waals surface area contributed by atoms with Gasteiger partial charge in [-0.25, -0.2) is 0 Å². The van der Waals surface area contributed by atoms with Crippen molar-refractivity contribution in [3.8, 4) is 0 Å². The number of hydrogen-bond acceptors (Lipinski definition) is 1. The van der Waals surface area contributed by atoms with Crippen LogP contribution in [-0.2, 0) is 5.88 Å². The van der Waals surface area contributed by atoms with Gasteiger partial charge in [0, 0.05) is 22.9 Å². The molecule has 2 rings (SSSR count). The number of alkyl halides is 1. The van der Waals surface area contributed by atoms with Crippen LogP contribution in [-0.4, -0.2) is 12.6 Å². The van der Waals surface area contributed by atoms with Crippen molar-refractivity contribution in [3.63, 3.8) is 0 Å². The van der Waals surface area contributed by atoms with Crippen molar-refractivity contribution >= 4 is 33.2 Å². The van der Waals surface area contributed by atoms with E-state index >= 15 is 0 Å². The van der Waals surface area contributed by atoms with Crippen molar-refractivity contribution in [1.82, 2.24) is 0 Å². The zero-order chi connectivity index (χ0) is 12.4. The van der Waals surface area contributed by atoms with E-state index < -0.39 is 0 Å². The van der Waals surface area contributed by atoms with Crippen molar-refractivity contribution in [1.29, 1.82) is 0 Å². The molecular formula is C14H19BrClN. The van der Waals surface area contributed by atoms with Crippen molar-refractivity contribution in [3.05, 3.63) is 28.2 Å². The van der Waals surface area contributed by atoms with Gasteiger partial charge < -0.3 is 4.90 Å². The van der Waals surface area contributed by atoms with E-state index in [1.165, 1.54) is 24.1 Å². The first kappa shape index (κ1) is 13.2. The predicted molar refractivity (Wildman–Crippen MR) is 78.9 cm³/mol. The molecule has 94 valence electrons. The Balaban J connectivity index is 2.22. The monoisotopic (exact) mass is 315 g/mol. The first-order chi connectivity index (χ1) is 8.11. The smallest absolute Gasteiger partial charge is 0.0513 e. The Bertz CT molecular complexity index is 394. The van der Waals surface area contributed by atoms with E-state index in [0.29, 0.717) is 11.9 Å². The number of piperidine rings is 1. The number of halogens is 2. The second-order valence-corrected chi connectivity index (χ2v) is 6.21. The van der Waals surface area contributed by atoms with Gasteiger partial charge in [-0.05, 0) is 59.3 Å². The fourth-order valence-electron chi connectivity index (χ4n) is 2.63. The quantitative estimate of drug-likeness (QED) is 0.708. The number of rotatable bonds is 2. The second-order valence-electron chi connectivity index (χ2n) is 5.09. The molecular weight excluding hydrogens is 298 g/mol.